The van der Waals surface area contributed by atoms with Gasteiger partial charge in [-0.1, -0.05) is 0 Å². The first-order valence-corrected chi connectivity index (χ1v) is 8.88. The summed E-state index contributed by atoms with van der Waals surface area (Å²) < 4.78 is 14.4. The number of hydrogen-bond acceptors (Lipinski definition) is 1. The second-order valence-corrected chi connectivity index (χ2v) is 7.37. The summed E-state index contributed by atoms with van der Waals surface area (Å²) in [5, 5.41) is 3.16. The molecule has 1 N–H and O–H groups in total. The van der Waals surface area contributed by atoms with Crippen molar-refractivity contribution in [2.45, 2.75) is 58.4 Å². The zero-order valence-corrected chi connectivity index (χ0v) is 14.5. The van der Waals surface area contributed by atoms with E-state index in [1.165, 1.54) is 25.0 Å². The molecular weight excluding hydrogens is 291 g/mol. The maximum Gasteiger partial charge on any atom is 0.285 e. The van der Waals surface area contributed by atoms with Crippen LogP contribution in [0.25, 0.3) is 0 Å². The Morgan fingerprint density at radius 2 is 1.74 bits per heavy atom. The SMILES string of the molecule is CC[N+]1(C2(C(=O)Nc3c(C)cc(F)cc3C)CCC2)CCCC1. The third-order valence-corrected chi connectivity index (χ3v) is 6.27. The van der Waals surface area contributed by atoms with E-state index >= 15 is 0 Å². The Balaban J connectivity index is 1.90. The van der Waals surface area contributed by atoms with Gasteiger partial charge in [0.2, 0.25) is 0 Å². The minimum Gasteiger partial charge on any atom is -0.320 e. The summed E-state index contributed by atoms with van der Waals surface area (Å²) in [6.45, 7) is 9.19. The zero-order chi connectivity index (χ0) is 16.7. The number of hydrogen-bond donors (Lipinski definition) is 1. The Hall–Kier alpha value is -1.42. The van der Waals surface area contributed by atoms with Gasteiger partial charge in [-0.15, -0.1) is 0 Å². The lowest BCUT2D eigenvalue weighted by atomic mass is 9.72. The number of nitrogens with one attached hydrogen (secondary N) is 1. The van der Waals surface area contributed by atoms with Crippen molar-refractivity contribution in [2.24, 2.45) is 0 Å². The van der Waals surface area contributed by atoms with E-state index in [0.29, 0.717) is 0 Å². The van der Waals surface area contributed by atoms with Crippen LogP contribution >= 0.6 is 0 Å². The third-order valence-electron chi connectivity index (χ3n) is 6.27. The number of anilines is 1. The molecule has 1 aromatic rings. The van der Waals surface area contributed by atoms with E-state index in [4.69, 9.17) is 0 Å². The van der Waals surface area contributed by atoms with Crippen LogP contribution in [-0.4, -0.2) is 35.6 Å². The molecule has 2 fully saturated rings. The van der Waals surface area contributed by atoms with E-state index < -0.39 is 0 Å². The fraction of sp³-hybridized carbons (Fsp3) is 0.632. The molecule has 4 heteroatoms. The highest BCUT2D eigenvalue weighted by Crippen LogP contribution is 2.46. The number of benzene rings is 1. The second-order valence-electron chi connectivity index (χ2n) is 7.37. The summed E-state index contributed by atoms with van der Waals surface area (Å²) in [5.74, 6) is -0.0988. The summed E-state index contributed by atoms with van der Waals surface area (Å²) in [5.41, 5.74) is 2.12. The number of likely N-dealkylation sites (tertiary alicyclic amines) is 1. The Labute approximate surface area is 138 Å². The standard InChI is InChI=1S/C19H27FN2O/c1-4-22(10-5-6-11-22)19(8-7-9-19)18(23)21-17-14(2)12-16(20)13-15(17)3/h12-13H,4-11H2,1-3H3/p+1. The van der Waals surface area contributed by atoms with Crippen LogP contribution in [0.1, 0.15) is 50.2 Å². The van der Waals surface area contributed by atoms with Crippen LogP contribution in [0.5, 0.6) is 0 Å². The predicted octanol–water partition coefficient (Wildman–Crippen LogP) is 3.93. The molecule has 0 unspecified atom stereocenters. The van der Waals surface area contributed by atoms with E-state index in [2.05, 4.69) is 12.2 Å². The minimum atomic E-state index is -0.265. The normalized spacial score (nSPS) is 21.7. The summed E-state index contributed by atoms with van der Waals surface area (Å²) in [7, 11) is 0. The number of carbonyl (C=O) groups is 1. The van der Waals surface area contributed by atoms with Gasteiger partial charge < -0.3 is 9.80 Å². The monoisotopic (exact) mass is 319 g/mol. The molecule has 1 aliphatic heterocycles. The molecule has 23 heavy (non-hydrogen) atoms. The van der Waals surface area contributed by atoms with Crippen molar-refractivity contribution in [1.29, 1.82) is 0 Å². The van der Waals surface area contributed by atoms with Crippen molar-refractivity contribution in [3.63, 3.8) is 0 Å². The Kier molecular flexibility index (Phi) is 4.21. The third kappa shape index (κ3) is 2.47. The van der Waals surface area contributed by atoms with Crippen LogP contribution in [0, 0.1) is 19.7 Å². The highest BCUT2D eigenvalue weighted by molar-refractivity contribution is 5.99. The summed E-state index contributed by atoms with van der Waals surface area (Å²) in [4.78, 5) is 13.2. The van der Waals surface area contributed by atoms with Crippen LogP contribution in [0.4, 0.5) is 10.1 Å². The lowest BCUT2D eigenvalue weighted by molar-refractivity contribution is -0.960. The Bertz CT molecular complexity index is 593. The van der Waals surface area contributed by atoms with Gasteiger partial charge in [0.1, 0.15) is 5.82 Å². The molecule has 3 nitrogen and oxygen atoms in total. The van der Waals surface area contributed by atoms with Crippen LogP contribution in [-0.2, 0) is 4.79 Å². The molecular formula is C19H28FN2O+. The van der Waals surface area contributed by atoms with Gasteiger partial charge in [-0.05, 0) is 50.5 Å². The quantitative estimate of drug-likeness (QED) is 0.837. The average molecular weight is 319 g/mol. The molecule has 1 heterocycles. The van der Waals surface area contributed by atoms with Gasteiger partial charge in [-0.2, -0.15) is 0 Å². The van der Waals surface area contributed by atoms with Gasteiger partial charge in [0.25, 0.3) is 5.91 Å². The van der Waals surface area contributed by atoms with Crippen LogP contribution < -0.4 is 5.32 Å². The zero-order valence-electron chi connectivity index (χ0n) is 14.5. The summed E-state index contributed by atoms with van der Waals surface area (Å²) in [6, 6.07) is 2.99. The van der Waals surface area contributed by atoms with Crippen LogP contribution in [0.2, 0.25) is 0 Å². The van der Waals surface area contributed by atoms with E-state index in [1.807, 2.05) is 13.8 Å². The molecule has 1 amide bonds. The highest BCUT2D eigenvalue weighted by Gasteiger charge is 2.60. The topological polar surface area (TPSA) is 29.1 Å². The molecule has 3 rings (SSSR count). The van der Waals surface area contributed by atoms with E-state index in [1.54, 1.807) is 0 Å². The first kappa shape index (κ1) is 16.4. The number of amides is 1. The fourth-order valence-corrected chi connectivity index (χ4v) is 4.75. The number of quaternary nitrogens is 1. The summed E-state index contributed by atoms with van der Waals surface area (Å²) in [6.07, 6.45) is 5.53. The maximum absolute atomic E-state index is 13.5. The molecule has 1 aliphatic carbocycles. The molecule has 2 aliphatic rings. The maximum atomic E-state index is 13.5. The van der Waals surface area contributed by atoms with Crippen LogP contribution in [0.3, 0.4) is 0 Å². The van der Waals surface area contributed by atoms with Gasteiger partial charge in [0, 0.05) is 31.4 Å². The van der Waals surface area contributed by atoms with E-state index in [0.717, 1.165) is 60.2 Å². The fourth-order valence-electron chi connectivity index (χ4n) is 4.75. The smallest absolute Gasteiger partial charge is 0.285 e. The number of nitrogens with zero attached hydrogens (tertiary/aromatic N) is 1. The Morgan fingerprint density at radius 1 is 1.17 bits per heavy atom. The molecule has 1 aromatic carbocycles. The average Bonchev–Trinajstić information content (AvgIpc) is 2.91. The largest absolute Gasteiger partial charge is 0.320 e. The van der Waals surface area contributed by atoms with Crippen molar-refractivity contribution in [2.75, 3.05) is 25.0 Å². The number of carbonyl (C=O) groups excluding carboxylic acids is 1. The first-order valence-electron chi connectivity index (χ1n) is 8.88. The molecule has 1 saturated carbocycles. The molecule has 0 aromatic heterocycles. The molecule has 0 spiro atoms. The minimum absolute atomic E-state index is 0.144. The van der Waals surface area contributed by atoms with E-state index in [-0.39, 0.29) is 17.3 Å². The molecule has 0 atom stereocenters. The summed E-state index contributed by atoms with van der Waals surface area (Å²) >= 11 is 0. The molecule has 1 saturated heterocycles. The van der Waals surface area contributed by atoms with Crippen LogP contribution in [0.15, 0.2) is 12.1 Å². The van der Waals surface area contributed by atoms with Gasteiger partial charge in [0.05, 0.1) is 19.6 Å². The van der Waals surface area contributed by atoms with Crippen molar-refractivity contribution in [1.82, 2.24) is 0 Å². The van der Waals surface area contributed by atoms with Gasteiger partial charge >= 0.3 is 0 Å². The molecule has 126 valence electrons. The van der Waals surface area contributed by atoms with Crippen molar-refractivity contribution >= 4 is 11.6 Å². The lowest BCUT2D eigenvalue weighted by Crippen LogP contribution is -2.71. The van der Waals surface area contributed by atoms with Crippen molar-refractivity contribution in [3.8, 4) is 0 Å². The first-order chi connectivity index (χ1) is 10.9. The van der Waals surface area contributed by atoms with Crippen molar-refractivity contribution < 1.29 is 13.7 Å². The Morgan fingerprint density at radius 3 is 2.17 bits per heavy atom. The predicted molar refractivity (Wildman–Crippen MR) is 90.9 cm³/mol. The molecule has 0 radical (unpaired) electrons. The number of halogens is 1. The van der Waals surface area contributed by atoms with Gasteiger partial charge in [-0.3, -0.25) is 4.79 Å². The molecule has 0 bridgehead atoms. The van der Waals surface area contributed by atoms with Gasteiger partial charge in [-0.25, -0.2) is 4.39 Å². The van der Waals surface area contributed by atoms with Crippen molar-refractivity contribution in [3.05, 3.63) is 29.1 Å². The lowest BCUT2D eigenvalue weighted by Gasteiger charge is -2.54. The number of likely N-dealkylation sites (N-methyl/N-ethyl adjacent to an activating group) is 1. The second kappa shape index (κ2) is 5.90. The highest BCUT2D eigenvalue weighted by atomic mass is 19.1. The van der Waals surface area contributed by atoms with E-state index in [9.17, 15) is 9.18 Å². The number of rotatable bonds is 4. The van der Waals surface area contributed by atoms with Gasteiger partial charge in [0.15, 0.2) is 5.54 Å². The number of aryl methyl sites for hydroxylation is 2.